The maximum atomic E-state index is 6.00. The summed E-state index contributed by atoms with van der Waals surface area (Å²) in [6.45, 7) is 0.612. The zero-order chi connectivity index (χ0) is 10.6. The summed E-state index contributed by atoms with van der Waals surface area (Å²) in [5, 5.41) is 4.08. The third-order valence-corrected chi connectivity index (χ3v) is 3.48. The van der Waals surface area contributed by atoms with Crippen LogP contribution in [0.1, 0.15) is 0 Å². The van der Waals surface area contributed by atoms with E-state index in [9.17, 15) is 0 Å². The van der Waals surface area contributed by atoms with Gasteiger partial charge in [-0.25, -0.2) is 0 Å². The number of halogens is 4. The van der Waals surface area contributed by atoms with Gasteiger partial charge in [-0.15, -0.1) is 0 Å². The highest BCUT2D eigenvalue weighted by atomic mass is 79.9. The second kappa shape index (κ2) is 5.86. The molecule has 0 saturated heterocycles. The monoisotopic (exact) mass is 313 g/mol. The Bertz CT molecular complexity index is 352. The smallest absolute Gasteiger partial charge is 0.0835 e. The van der Waals surface area contributed by atoms with Crippen molar-refractivity contribution in [2.45, 2.75) is 0 Å². The molecule has 0 aliphatic rings. The van der Waals surface area contributed by atoms with Gasteiger partial charge in [-0.3, -0.25) is 0 Å². The largest absolute Gasteiger partial charge is 0.380 e. The Morgan fingerprint density at radius 2 is 2.00 bits per heavy atom. The zero-order valence-corrected chi connectivity index (χ0v) is 10.9. The van der Waals surface area contributed by atoms with Gasteiger partial charge in [-0.05, 0) is 28.1 Å². The Balaban J connectivity index is 2.83. The highest BCUT2D eigenvalue weighted by Gasteiger charge is 2.06. The Labute approximate surface area is 106 Å². The van der Waals surface area contributed by atoms with Crippen LogP contribution >= 0.6 is 50.7 Å². The van der Waals surface area contributed by atoms with Gasteiger partial charge in [0.2, 0.25) is 0 Å². The normalized spacial score (nSPS) is 10.9. The van der Waals surface area contributed by atoms with Crippen LogP contribution in [0.25, 0.3) is 0 Å². The molecular weight excluding hydrogens is 308 g/mol. The van der Waals surface area contributed by atoms with Crippen molar-refractivity contribution in [3.8, 4) is 0 Å². The second-order valence-corrected chi connectivity index (χ2v) is 4.33. The van der Waals surface area contributed by atoms with Gasteiger partial charge in [0.15, 0.2) is 0 Å². The molecule has 0 unspecified atom stereocenters. The van der Waals surface area contributed by atoms with Crippen LogP contribution in [0.3, 0.4) is 0 Å². The minimum absolute atomic E-state index is 0.504. The molecule has 5 heteroatoms. The Morgan fingerprint density at radius 3 is 2.64 bits per heavy atom. The van der Waals surface area contributed by atoms with Gasteiger partial charge >= 0.3 is 0 Å². The average molecular weight is 315 g/mol. The van der Waals surface area contributed by atoms with Gasteiger partial charge in [0.05, 0.1) is 15.7 Å². The predicted octanol–water partition coefficient (Wildman–Crippen LogP) is 4.92. The first-order valence-corrected chi connectivity index (χ1v) is 5.78. The van der Waals surface area contributed by atoms with Crippen molar-refractivity contribution in [1.29, 1.82) is 0 Å². The van der Waals surface area contributed by atoms with Crippen LogP contribution in [0.5, 0.6) is 0 Å². The third kappa shape index (κ3) is 3.06. The highest BCUT2D eigenvalue weighted by molar-refractivity contribution is 9.10. The van der Waals surface area contributed by atoms with E-state index in [0.717, 1.165) is 10.2 Å². The minimum Gasteiger partial charge on any atom is -0.380 e. The fourth-order valence-corrected chi connectivity index (χ4v) is 1.81. The summed E-state index contributed by atoms with van der Waals surface area (Å²) in [7, 11) is 0. The summed E-state index contributed by atoms with van der Waals surface area (Å²) in [6, 6.07) is 3.68. The van der Waals surface area contributed by atoms with E-state index in [-0.39, 0.29) is 0 Å². The average Bonchev–Trinajstić information content (AvgIpc) is 2.18. The van der Waals surface area contributed by atoms with Crippen molar-refractivity contribution in [3.63, 3.8) is 0 Å². The molecule has 0 atom stereocenters. The fraction of sp³-hybridized carbons (Fsp3) is 0.111. The van der Waals surface area contributed by atoms with E-state index >= 15 is 0 Å². The maximum Gasteiger partial charge on any atom is 0.0835 e. The molecule has 0 amide bonds. The van der Waals surface area contributed by atoms with Crippen LogP contribution in [-0.4, -0.2) is 6.54 Å². The second-order valence-electron chi connectivity index (χ2n) is 2.47. The molecule has 0 radical (unpaired) electrons. The first kappa shape index (κ1) is 12.2. The van der Waals surface area contributed by atoms with E-state index in [0.29, 0.717) is 16.6 Å². The number of benzene rings is 1. The lowest BCUT2D eigenvalue weighted by atomic mass is 10.3. The van der Waals surface area contributed by atoms with Crippen molar-refractivity contribution in [1.82, 2.24) is 0 Å². The highest BCUT2D eigenvalue weighted by Crippen LogP contribution is 2.35. The fourth-order valence-electron chi connectivity index (χ4n) is 0.876. The van der Waals surface area contributed by atoms with Gasteiger partial charge in [0.1, 0.15) is 0 Å². The van der Waals surface area contributed by atoms with Crippen molar-refractivity contribution < 1.29 is 0 Å². The molecule has 1 N–H and O–H groups in total. The maximum absolute atomic E-state index is 6.00. The molecule has 0 bridgehead atoms. The molecule has 0 spiro atoms. The quantitative estimate of drug-likeness (QED) is 0.781. The van der Waals surface area contributed by atoms with Crippen LogP contribution in [0.4, 0.5) is 5.69 Å². The van der Waals surface area contributed by atoms with E-state index in [4.69, 9.17) is 34.8 Å². The topological polar surface area (TPSA) is 12.0 Å². The first-order valence-electron chi connectivity index (χ1n) is 3.79. The number of rotatable bonds is 3. The van der Waals surface area contributed by atoms with Crippen LogP contribution in [-0.2, 0) is 0 Å². The molecule has 0 aliphatic carbocycles. The zero-order valence-electron chi connectivity index (χ0n) is 7.03. The van der Waals surface area contributed by atoms with E-state index in [2.05, 4.69) is 21.2 Å². The lowest BCUT2D eigenvalue weighted by molar-refractivity contribution is 1.34. The predicted molar refractivity (Wildman–Crippen MR) is 67.6 cm³/mol. The van der Waals surface area contributed by atoms with Crippen LogP contribution in [0.15, 0.2) is 28.2 Å². The number of hydrogen-bond acceptors (Lipinski definition) is 1. The SMILES string of the molecule is Cl/C=C/CNc1ccc(Br)c(Cl)c1Cl. The summed E-state index contributed by atoms with van der Waals surface area (Å²) in [5.74, 6) is 0. The minimum atomic E-state index is 0.504. The van der Waals surface area contributed by atoms with Crippen molar-refractivity contribution >= 4 is 56.4 Å². The molecule has 1 aromatic rings. The Kier molecular flexibility index (Phi) is 5.10. The molecule has 76 valence electrons. The molecule has 0 saturated carbocycles. The molecule has 0 fully saturated rings. The molecule has 0 aliphatic heterocycles. The third-order valence-electron chi connectivity index (χ3n) is 1.53. The number of nitrogens with one attached hydrogen (secondary N) is 1. The molecule has 1 rings (SSSR count). The molecule has 0 heterocycles. The summed E-state index contributed by atoms with van der Waals surface area (Å²) < 4.78 is 0.780. The molecule has 1 nitrogen and oxygen atoms in total. The number of anilines is 1. The van der Waals surface area contributed by atoms with E-state index in [1.807, 2.05) is 12.1 Å². The Hall–Kier alpha value is 0.110. The molecule has 1 aromatic carbocycles. The Morgan fingerprint density at radius 1 is 1.29 bits per heavy atom. The number of hydrogen-bond donors (Lipinski definition) is 1. The molecular formula is C9H7BrCl3N. The van der Waals surface area contributed by atoms with E-state index < -0.39 is 0 Å². The summed E-state index contributed by atoms with van der Waals surface area (Å²) >= 11 is 20.6. The van der Waals surface area contributed by atoms with Crippen molar-refractivity contribution in [2.24, 2.45) is 0 Å². The standard InChI is InChI=1S/C9H7BrCl3N/c10-6-2-3-7(9(13)8(6)12)14-5-1-4-11/h1-4,14H,5H2/b4-1+. The van der Waals surface area contributed by atoms with Crippen molar-refractivity contribution in [3.05, 3.63) is 38.3 Å². The lowest BCUT2D eigenvalue weighted by Crippen LogP contribution is -1.98. The van der Waals surface area contributed by atoms with Crippen LogP contribution < -0.4 is 5.32 Å². The van der Waals surface area contributed by atoms with Crippen LogP contribution in [0.2, 0.25) is 10.0 Å². The summed E-state index contributed by atoms with van der Waals surface area (Å²) in [4.78, 5) is 0. The van der Waals surface area contributed by atoms with Crippen molar-refractivity contribution in [2.75, 3.05) is 11.9 Å². The summed E-state index contributed by atoms with van der Waals surface area (Å²) in [6.07, 6.45) is 1.77. The van der Waals surface area contributed by atoms with Gasteiger partial charge in [0.25, 0.3) is 0 Å². The molecule has 0 aromatic heterocycles. The van der Waals surface area contributed by atoms with E-state index in [1.165, 1.54) is 5.54 Å². The van der Waals surface area contributed by atoms with Gasteiger partial charge in [-0.1, -0.05) is 40.9 Å². The molecule has 14 heavy (non-hydrogen) atoms. The lowest BCUT2D eigenvalue weighted by Gasteiger charge is -2.08. The summed E-state index contributed by atoms with van der Waals surface area (Å²) in [5.41, 5.74) is 2.23. The van der Waals surface area contributed by atoms with Gasteiger partial charge in [0, 0.05) is 16.6 Å². The first-order chi connectivity index (χ1) is 6.66. The van der Waals surface area contributed by atoms with Gasteiger partial charge < -0.3 is 5.32 Å². The van der Waals surface area contributed by atoms with E-state index in [1.54, 1.807) is 6.08 Å². The van der Waals surface area contributed by atoms with Gasteiger partial charge in [-0.2, -0.15) is 0 Å². The van der Waals surface area contributed by atoms with Crippen LogP contribution in [0, 0.1) is 0 Å².